The van der Waals surface area contributed by atoms with Crippen molar-refractivity contribution in [2.24, 2.45) is 0 Å². The van der Waals surface area contributed by atoms with Gasteiger partial charge >= 0.3 is 5.97 Å². The quantitative estimate of drug-likeness (QED) is 0.283. The number of nitro benzene ring substituents is 1. The van der Waals surface area contributed by atoms with Crippen LogP contribution < -0.4 is 5.32 Å². The Labute approximate surface area is 189 Å². The largest absolute Gasteiger partial charge is 0.481 e. The number of halogens is 1. The number of para-hydroxylation sites is 1. The van der Waals surface area contributed by atoms with Crippen molar-refractivity contribution >= 4 is 39.0 Å². The van der Waals surface area contributed by atoms with Crippen molar-refractivity contribution in [3.63, 3.8) is 0 Å². The van der Waals surface area contributed by atoms with E-state index >= 15 is 0 Å². The molecule has 32 heavy (non-hydrogen) atoms. The number of hydrogen-bond acceptors (Lipinski definition) is 7. The van der Waals surface area contributed by atoms with Crippen molar-refractivity contribution in [1.29, 1.82) is 5.26 Å². The second-order valence-electron chi connectivity index (χ2n) is 6.58. The predicted octanol–water partition coefficient (Wildman–Crippen LogP) is 3.25. The van der Waals surface area contributed by atoms with E-state index < -0.39 is 44.0 Å². The average Bonchev–Trinajstić information content (AvgIpc) is 2.73. The summed E-state index contributed by atoms with van der Waals surface area (Å²) < 4.78 is 27.3. The molecule has 0 aromatic heterocycles. The zero-order valence-corrected chi connectivity index (χ0v) is 18.2. The number of nitrogens with one attached hydrogen (secondary N) is 1. The summed E-state index contributed by atoms with van der Waals surface area (Å²) in [4.78, 5) is 21.4. The Morgan fingerprint density at radius 2 is 2.06 bits per heavy atom. The number of hydrogen-bond donors (Lipinski definition) is 2. The average molecular weight is 479 g/mol. The highest BCUT2D eigenvalue weighted by atomic mass is 35.5. The number of nitro groups is 1. The lowest BCUT2D eigenvalue weighted by molar-refractivity contribution is -0.387. The molecule has 0 aliphatic heterocycles. The van der Waals surface area contributed by atoms with Gasteiger partial charge in [-0.05, 0) is 24.3 Å². The minimum atomic E-state index is -4.36. The SMILES string of the molecule is C=CCN(C[C@H](CC(=O)O)Nc1ccc(C#N)c(Cl)c1)S(=O)(=O)c1ccccc1[N+](=O)[O-]. The lowest BCUT2D eigenvalue weighted by atomic mass is 10.1. The maximum atomic E-state index is 13.2. The van der Waals surface area contributed by atoms with E-state index in [0.717, 1.165) is 16.4 Å². The van der Waals surface area contributed by atoms with E-state index in [1.54, 1.807) is 0 Å². The van der Waals surface area contributed by atoms with E-state index in [-0.39, 0.29) is 23.7 Å². The van der Waals surface area contributed by atoms with Gasteiger partial charge in [-0.2, -0.15) is 9.57 Å². The van der Waals surface area contributed by atoms with Gasteiger partial charge in [0.2, 0.25) is 10.0 Å². The number of aliphatic carboxylic acids is 1. The molecule has 0 fully saturated rings. The van der Waals surface area contributed by atoms with Gasteiger partial charge in [0.25, 0.3) is 5.69 Å². The fraction of sp³-hybridized carbons (Fsp3) is 0.200. The molecule has 0 saturated carbocycles. The van der Waals surface area contributed by atoms with E-state index in [2.05, 4.69) is 11.9 Å². The van der Waals surface area contributed by atoms with Crippen LogP contribution in [0.15, 0.2) is 60.0 Å². The van der Waals surface area contributed by atoms with Crippen molar-refractivity contribution < 1.29 is 23.2 Å². The standard InChI is InChI=1S/C20H19ClN4O6S/c1-2-9-24(32(30,31)19-6-4-3-5-18(19)25(28)29)13-16(11-20(26)27)23-15-8-7-14(12-22)17(21)10-15/h2-8,10,16,23H,1,9,11,13H2,(H,26,27)/t16-/m0/s1. The molecule has 0 heterocycles. The van der Waals surface area contributed by atoms with E-state index in [4.69, 9.17) is 16.9 Å². The van der Waals surface area contributed by atoms with Gasteiger partial charge in [-0.25, -0.2) is 8.42 Å². The highest BCUT2D eigenvalue weighted by Gasteiger charge is 2.32. The van der Waals surface area contributed by atoms with Gasteiger partial charge in [0.05, 0.1) is 28.0 Å². The number of carboxylic acids is 1. The van der Waals surface area contributed by atoms with Crippen LogP contribution in [0.1, 0.15) is 12.0 Å². The minimum absolute atomic E-state index is 0.141. The van der Waals surface area contributed by atoms with Crippen molar-refractivity contribution in [2.75, 3.05) is 18.4 Å². The van der Waals surface area contributed by atoms with Gasteiger partial charge in [-0.1, -0.05) is 29.8 Å². The Morgan fingerprint density at radius 1 is 1.38 bits per heavy atom. The van der Waals surface area contributed by atoms with Gasteiger partial charge in [0, 0.05) is 24.8 Å². The van der Waals surface area contributed by atoms with E-state index in [9.17, 15) is 28.4 Å². The maximum absolute atomic E-state index is 13.2. The third-order valence-electron chi connectivity index (χ3n) is 4.32. The van der Waals surface area contributed by atoms with E-state index in [1.807, 2.05) is 6.07 Å². The van der Waals surface area contributed by atoms with Gasteiger partial charge in [-0.3, -0.25) is 14.9 Å². The molecular weight excluding hydrogens is 460 g/mol. The Morgan fingerprint density at radius 3 is 2.62 bits per heavy atom. The molecule has 2 N–H and O–H groups in total. The topological polar surface area (TPSA) is 154 Å². The van der Waals surface area contributed by atoms with Gasteiger partial charge in [-0.15, -0.1) is 6.58 Å². The Hall–Kier alpha value is -3.46. The fourth-order valence-corrected chi connectivity index (χ4v) is 4.77. The second-order valence-corrected chi connectivity index (χ2v) is 8.89. The monoisotopic (exact) mass is 478 g/mol. The van der Waals surface area contributed by atoms with Crippen LogP contribution in [0.25, 0.3) is 0 Å². The summed E-state index contributed by atoms with van der Waals surface area (Å²) in [5, 5.41) is 32.6. The first-order valence-electron chi connectivity index (χ1n) is 9.12. The summed E-state index contributed by atoms with van der Waals surface area (Å²) in [7, 11) is -4.36. The molecule has 0 saturated heterocycles. The van der Waals surface area contributed by atoms with Crippen molar-refractivity contribution in [1.82, 2.24) is 4.31 Å². The van der Waals surface area contributed by atoms with Crippen molar-refractivity contribution in [2.45, 2.75) is 17.4 Å². The zero-order chi connectivity index (χ0) is 23.9. The second kappa shape index (κ2) is 10.7. The lowest BCUT2D eigenvalue weighted by Crippen LogP contribution is -2.41. The van der Waals surface area contributed by atoms with Crippen molar-refractivity contribution in [3.8, 4) is 6.07 Å². The molecule has 1 atom stereocenters. The van der Waals surface area contributed by atoms with Crippen LogP contribution in [0.5, 0.6) is 0 Å². The first-order chi connectivity index (χ1) is 15.1. The Bertz CT molecular complexity index is 1180. The summed E-state index contributed by atoms with van der Waals surface area (Å²) in [5.41, 5.74) is 0.00400. The number of nitrogens with zero attached hydrogens (tertiary/aromatic N) is 3. The number of sulfonamides is 1. The van der Waals surface area contributed by atoms with E-state index in [1.165, 1.54) is 36.4 Å². The third kappa shape index (κ3) is 6.04. The molecule has 0 unspecified atom stereocenters. The molecule has 0 amide bonds. The third-order valence-corrected chi connectivity index (χ3v) is 6.51. The van der Waals surface area contributed by atoms with Crippen LogP contribution in [0, 0.1) is 21.4 Å². The van der Waals surface area contributed by atoms with Crippen molar-refractivity contribution in [3.05, 3.63) is 75.8 Å². The normalized spacial score (nSPS) is 12.0. The first-order valence-corrected chi connectivity index (χ1v) is 10.9. The molecule has 0 radical (unpaired) electrons. The maximum Gasteiger partial charge on any atom is 0.305 e. The molecule has 2 aromatic rings. The molecule has 2 rings (SSSR count). The number of anilines is 1. The van der Waals surface area contributed by atoms with Crippen LogP contribution in [-0.4, -0.2) is 47.9 Å². The van der Waals surface area contributed by atoms with Crippen LogP contribution in [0.2, 0.25) is 5.02 Å². The highest BCUT2D eigenvalue weighted by Crippen LogP contribution is 2.27. The summed E-state index contributed by atoms with van der Waals surface area (Å²) in [6, 6.07) is 10.2. The predicted molar refractivity (Wildman–Crippen MR) is 118 cm³/mol. The smallest absolute Gasteiger partial charge is 0.305 e. The highest BCUT2D eigenvalue weighted by molar-refractivity contribution is 7.89. The number of rotatable bonds is 11. The summed E-state index contributed by atoms with van der Waals surface area (Å²) >= 11 is 6.01. The minimum Gasteiger partial charge on any atom is -0.481 e. The molecule has 0 aliphatic rings. The molecule has 10 nitrogen and oxygen atoms in total. The summed E-state index contributed by atoms with van der Waals surface area (Å²) in [5.74, 6) is -1.19. The lowest BCUT2D eigenvalue weighted by Gasteiger charge is -2.27. The first kappa shape index (κ1) is 24.8. The van der Waals surface area contributed by atoms with Crippen LogP contribution in [0.3, 0.4) is 0 Å². The zero-order valence-electron chi connectivity index (χ0n) is 16.6. The van der Waals surface area contributed by atoms with Gasteiger partial charge < -0.3 is 10.4 Å². The summed E-state index contributed by atoms with van der Waals surface area (Å²) in [6.07, 6.45) is 0.834. The van der Waals surface area contributed by atoms with Crippen LogP contribution >= 0.6 is 11.6 Å². The fourth-order valence-electron chi connectivity index (χ4n) is 2.93. The molecule has 168 valence electrons. The molecule has 0 spiro atoms. The number of carbonyl (C=O) groups is 1. The van der Waals surface area contributed by atoms with E-state index in [0.29, 0.717) is 5.69 Å². The molecule has 0 bridgehead atoms. The molecule has 0 aliphatic carbocycles. The molecule has 2 aromatic carbocycles. The number of carboxylic acid groups (broad SMARTS) is 1. The number of benzene rings is 2. The van der Waals surface area contributed by atoms with Gasteiger partial charge in [0.1, 0.15) is 6.07 Å². The van der Waals surface area contributed by atoms with Gasteiger partial charge in [0.15, 0.2) is 4.90 Å². The van der Waals surface area contributed by atoms with Crippen LogP contribution in [-0.2, 0) is 14.8 Å². The Kier molecular flexibility index (Phi) is 8.31. The molecule has 12 heteroatoms. The Balaban J connectivity index is 2.41. The van der Waals surface area contributed by atoms with Crippen LogP contribution in [0.4, 0.5) is 11.4 Å². The number of nitriles is 1. The molecular formula is C20H19ClN4O6S. The summed E-state index contributed by atoms with van der Waals surface area (Å²) in [6.45, 7) is 2.99.